The third-order valence-corrected chi connectivity index (χ3v) is 8.92. The number of urea groups is 1. The molecule has 1 aliphatic carbocycles. The monoisotopic (exact) mass is 569 g/mol. The first kappa shape index (κ1) is 30.0. The van der Waals surface area contributed by atoms with Crippen molar-refractivity contribution < 1.29 is 9.59 Å². The van der Waals surface area contributed by atoms with Gasteiger partial charge in [-0.05, 0) is 81.4 Å². The second-order valence-corrected chi connectivity index (χ2v) is 13.3. The summed E-state index contributed by atoms with van der Waals surface area (Å²) in [4.78, 5) is 27.4. The van der Waals surface area contributed by atoms with E-state index in [0.717, 1.165) is 74.1 Å². The molecule has 1 unspecified atom stereocenters. The van der Waals surface area contributed by atoms with Crippen LogP contribution in [0.4, 0.5) is 16.3 Å². The molecule has 2 aromatic carbocycles. The molecule has 1 atom stereocenters. The molecule has 7 nitrogen and oxygen atoms in total. The lowest BCUT2D eigenvalue weighted by Gasteiger charge is -2.32. The van der Waals surface area contributed by atoms with Crippen LogP contribution < -0.4 is 16.0 Å². The van der Waals surface area contributed by atoms with Crippen molar-refractivity contribution >= 4 is 23.3 Å². The number of ketones is 1. The predicted molar refractivity (Wildman–Crippen MR) is 171 cm³/mol. The summed E-state index contributed by atoms with van der Waals surface area (Å²) in [6, 6.07) is 17.6. The lowest BCUT2D eigenvalue weighted by Crippen LogP contribution is -2.35. The van der Waals surface area contributed by atoms with Gasteiger partial charge >= 0.3 is 6.03 Å². The van der Waals surface area contributed by atoms with Crippen molar-refractivity contribution in [2.45, 2.75) is 90.4 Å². The quantitative estimate of drug-likeness (QED) is 0.254. The van der Waals surface area contributed by atoms with Crippen molar-refractivity contribution in [3.05, 3.63) is 71.4 Å². The highest BCUT2D eigenvalue weighted by atomic mass is 16.2. The minimum Gasteiger partial charge on any atom is -0.317 e. The molecule has 2 fully saturated rings. The Morgan fingerprint density at radius 3 is 2.26 bits per heavy atom. The van der Waals surface area contributed by atoms with Crippen LogP contribution in [0, 0.1) is 18.8 Å². The average molecular weight is 570 g/mol. The van der Waals surface area contributed by atoms with Crippen LogP contribution in [0.15, 0.2) is 54.6 Å². The molecule has 3 aromatic rings. The number of aryl methyl sites for hydroxylation is 1. The van der Waals surface area contributed by atoms with E-state index in [2.05, 4.69) is 42.8 Å². The first-order valence-corrected chi connectivity index (χ1v) is 15.8. The van der Waals surface area contributed by atoms with E-state index >= 15 is 0 Å². The van der Waals surface area contributed by atoms with E-state index in [1.807, 2.05) is 55.5 Å². The highest BCUT2D eigenvalue weighted by Gasteiger charge is 2.35. The number of amides is 2. The maximum absolute atomic E-state index is 14.1. The predicted octanol–water partition coefficient (Wildman–Crippen LogP) is 7.74. The molecular formula is C35H47N5O2. The van der Waals surface area contributed by atoms with Gasteiger partial charge in [-0.3, -0.25) is 10.1 Å². The van der Waals surface area contributed by atoms with Crippen molar-refractivity contribution in [3.63, 3.8) is 0 Å². The van der Waals surface area contributed by atoms with Crippen LogP contribution in [0.25, 0.3) is 5.69 Å². The Labute approximate surface area is 250 Å². The highest BCUT2D eigenvalue weighted by Crippen LogP contribution is 2.38. The van der Waals surface area contributed by atoms with Crippen molar-refractivity contribution in [1.29, 1.82) is 0 Å². The number of hydrogen-bond acceptors (Lipinski definition) is 4. The van der Waals surface area contributed by atoms with E-state index in [4.69, 9.17) is 5.10 Å². The Morgan fingerprint density at radius 2 is 1.60 bits per heavy atom. The number of carbonyl (C=O) groups is 2. The number of nitrogens with one attached hydrogen (secondary N) is 3. The van der Waals surface area contributed by atoms with E-state index in [-0.39, 0.29) is 23.3 Å². The zero-order valence-corrected chi connectivity index (χ0v) is 25.7. The molecule has 42 heavy (non-hydrogen) atoms. The lowest BCUT2D eigenvalue weighted by atomic mass is 9.73. The minimum atomic E-state index is -0.339. The molecule has 5 rings (SSSR count). The number of hydrogen-bond donors (Lipinski definition) is 3. The van der Waals surface area contributed by atoms with Crippen LogP contribution in [-0.4, -0.2) is 34.7 Å². The SMILES string of the molecule is Cc1ccc(-n2nc(C(C)(C)C)cc2NC(=O)Nc2cccc(C(C(=O)C3CCCCCC3)C3CCNCC3)c2)cc1. The Morgan fingerprint density at radius 1 is 0.905 bits per heavy atom. The van der Waals surface area contributed by atoms with Gasteiger partial charge in [-0.1, -0.05) is 76.3 Å². The maximum atomic E-state index is 14.1. The van der Waals surface area contributed by atoms with Crippen molar-refractivity contribution in [3.8, 4) is 5.69 Å². The lowest BCUT2D eigenvalue weighted by molar-refractivity contribution is -0.126. The summed E-state index contributed by atoms with van der Waals surface area (Å²) >= 11 is 0. The van der Waals surface area contributed by atoms with Crippen LogP contribution in [0.1, 0.15) is 94.9 Å². The first-order chi connectivity index (χ1) is 20.2. The third-order valence-electron chi connectivity index (χ3n) is 8.92. The van der Waals surface area contributed by atoms with Gasteiger partial charge in [0.05, 0.1) is 11.4 Å². The smallest absolute Gasteiger partial charge is 0.317 e. The summed E-state index contributed by atoms with van der Waals surface area (Å²) < 4.78 is 1.79. The van der Waals surface area contributed by atoms with Gasteiger partial charge in [-0.25, -0.2) is 9.48 Å². The molecule has 2 heterocycles. The number of Topliss-reactive ketones (excluding diaryl/α,β-unsaturated/α-hetero) is 1. The molecule has 1 aliphatic heterocycles. The van der Waals surface area contributed by atoms with Gasteiger partial charge in [0.25, 0.3) is 0 Å². The van der Waals surface area contributed by atoms with E-state index in [9.17, 15) is 9.59 Å². The summed E-state index contributed by atoms with van der Waals surface area (Å²) in [7, 11) is 0. The third kappa shape index (κ3) is 7.30. The molecule has 1 aromatic heterocycles. The fourth-order valence-corrected chi connectivity index (χ4v) is 6.47. The van der Waals surface area contributed by atoms with Crippen LogP contribution in [0.5, 0.6) is 0 Å². The number of piperidine rings is 1. The average Bonchev–Trinajstić information content (AvgIpc) is 3.20. The standard InChI is InChI=1S/C35H47N5O2/c1-24-14-16-29(17-15-24)40-31(23-30(39-40)35(2,3)4)38-34(42)37-28-13-9-12-27(22-28)32(25-18-20-36-21-19-25)33(41)26-10-7-5-6-8-11-26/h9,12-17,22-23,25-26,32,36H,5-8,10-11,18-21H2,1-4H3,(H2,37,38,42). The van der Waals surface area contributed by atoms with Gasteiger partial charge in [0, 0.05) is 29.0 Å². The topological polar surface area (TPSA) is 88.1 Å². The number of aromatic nitrogens is 2. The highest BCUT2D eigenvalue weighted by molar-refractivity contribution is 5.99. The number of anilines is 2. The zero-order chi connectivity index (χ0) is 29.7. The first-order valence-electron chi connectivity index (χ1n) is 15.8. The fourth-order valence-electron chi connectivity index (χ4n) is 6.47. The number of nitrogens with zero attached hydrogens (tertiary/aromatic N) is 2. The van der Waals surface area contributed by atoms with Gasteiger partial charge < -0.3 is 10.6 Å². The van der Waals surface area contributed by atoms with Gasteiger partial charge in [-0.2, -0.15) is 5.10 Å². The number of rotatable bonds is 7. The second-order valence-electron chi connectivity index (χ2n) is 13.3. The summed E-state index contributed by atoms with van der Waals surface area (Å²) in [5.74, 6) is 1.35. The van der Waals surface area contributed by atoms with Gasteiger partial charge in [0.1, 0.15) is 11.6 Å². The Balaban J connectivity index is 1.37. The molecular weight excluding hydrogens is 522 g/mol. The molecule has 1 saturated carbocycles. The normalized spacial score (nSPS) is 17.8. The van der Waals surface area contributed by atoms with E-state index < -0.39 is 0 Å². The molecule has 0 spiro atoms. The summed E-state index contributed by atoms with van der Waals surface area (Å²) in [5.41, 5.74) is 4.47. The molecule has 1 saturated heterocycles. The zero-order valence-electron chi connectivity index (χ0n) is 25.7. The van der Waals surface area contributed by atoms with Gasteiger partial charge in [0.15, 0.2) is 0 Å². The maximum Gasteiger partial charge on any atom is 0.324 e. The molecule has 0 radical (unpaired) electrons. The van der Waals surface area contributed by atoms with Crippen molar-refractivity contribution in [2.24, 2.45) is 11.8 Å². The number of benzene rings is 2. The van der Waals surface area contributed by atoms with Crippen molar-refractivity contribution in [1.82, 2.24) is 15.1 Å². The minimum absolute atomic E-state index is 0.127. The molecule has 3 N–H and O–H groups in total. The second kappa shape index (κ2) is 13.2. The Bertz CT molecular complexity index is 1360. The molecule has 7 heteroatoms. The van der Waals surface area contributed by atoms with Crippen molar-refractivity contribution in [2.75, 3.05) is 23.7 Å². The van der Waals surface area contributed by atoms with Crippen LogP contribution >= 0.6 is 0 Å². The molecule has 2 aliphatic rings. The van der Waals surface area contributed by atoms with Gasteiger partial charge in [-0.15, -0.1) is 0 Å². The van der Waals surface area contributed by atoms with Gasteiger partial charge in [0.2, 0.25) is 0 Å². The number of carbonyl (C=O) groups excluding carboxylic acids is 2. The van der Waals surface area contributed by atoms with Crippen LogP contribution in [-0.2, 0) is 10.2 Å². The summed E-state index contributed by atoms with van der Waals surface area (Å²) in [6.07, 6.45) is 8.77. The fraction of sp³-hybridized carbons (Fsp3) is 0.514. The molecule has 224 valence electrons. The van der Waals surface area contributed by atoms with E-state index in [0.29, 0.717) is 23.2 Å². The Hall–Kier alpha value is -3.45. The van der Waals surface area contributed by atoms with Crippen LogP contribution in [0.2, 0.25) is 0 Å². The molecule has 0 bridgehead atoms. The van der Waals surface area contributed by atoms with E-state index in [1.165, 1.54) is 12.8 Å². The summed E-state index contributed by atoms with van der Waals surface area (Å²) in [6.45, 7) is 10.3. The largest absolute Gasteiger partial charge is 0.324 e. The van der Waals surface area contributed by atoms with Crippen LogP contribution in [0.3, 0.4) is 0 Å². The molecule has 2 amide bonds. The Kier molecular flexibility index (Phi) is 9.47. The summed E-state index contributed by atoms with van der Waals surface area (Å²) in [5, 5.41) is 14.4. The van der Waals surface area contributed by atoms with E-state index in [1.54, 1.807) is 4.68 Å².